The lowest BCUT2D eigenvalue weighted by Gasteiger charge is -2.39. The SMILES string of the molecule is CC1(C)C2=NCC(O2)C12CCCC2. The van der Waals surface area contributed by atoms with Crippen LogP contribution < -0.4 is 0 Å². The van der Waals surface area contributed by atoms with Crippen molar-refractivity contribution in [2.75, 3.05) is 6.54 Å². The molecule has 0 radical (unpaired) electrons. The largest absolute Gasteiger partial charge is 0.475 e. The maximum Gasteiger partial charge on any atom is 0.190 e. The van der Waals surface area contributed by atoms with E-state index in [-0.39, 0.29) is 5.41 Å². The van der Waals surface area contributed by atoms with Crippen LogP contribution >= 0.6 is 0 Å². The molecule has 13 heavy (non-hydrogen) atoms. The molecule has 1 aliphatic carbocycles. The first-order valence-electron chi connectivity index (χ1n) is 5.38. The molecule has 2 heteroatoms. The average Bonchev–Trinajstić information content (AvgIpc) is 2.75. The average molecular weight is 179 g/mol. The van der Waals surface area contributed by atoms with Crippen LogP contribution in [0.3, 0.4) is 0 Å². The Hall–Kier alpha value is -0.530. The van der Waals surface area contributed by atoms with Crippen molar-refractivity contribution in [2.24, 2.45) is 15.8 Å². The van der Waals surface area contributed by atoms with Crippen LogP contribution in [0.25, 0.3) is 0 Å². The first-order valence-corrected chi connectivity index (χ1v) is 5.38. The highest BCUT2D eigenvalue weighted by Gasteiger charge is 2.63. The predicted molar refractivity (Wildman–Crippen MR) is 51.9 cm³/mol. The molecule has 1 saturated carbocycles. The quantitative estimate of drug-likeness (QED) is 0.559. The van der Waals surface area contributed by atoms with Crippen molar-refractivity contribution < 1.29 is 4.74 Å². The highest BCUT2D eigenvalue weighted by Crippen LogP contribution is 2.61. The van der Waals surface area contributed by atoms with Crippen molar-refractivity contribution in [3.63, 3.8) is 0 Å². The second-order valence-electron chi connectivity index (χ2n) is 5.24. The summed E-state index contributed by atoms with van der Waals surface area (Å²) in [7, 11) is 0. The molecule has 2 nitrogen and oxygen atoms in total. The van der Waals surface area contributed by atoms with Gasteiger partial charge in [0, 0.05) is 10.8 Å². The summed E-state index contributed by atoms with van der Waals surface area (Å²) in [5.74, 6) is 1.04. The van der Waals surface area contributed by atoms with Crippen LogP contribution in [0.15, 0.2) is 4.99 Å². The Kier molecular flexibility index (Phi) is 1.27. The van der Waals surface area contributed by atoms with E-state index in [2.05, 4.69) is 18.8 Å². The molecule has 0 N–H and O–H groups in total. The Morgan fingerprint density at radius 3 is 2.54 bits per heavy atom. The van der Waals surface area contributed by atoms with Gasteiger partial charge in [0.1, 0.15) is 6.10 Å². The van der Waals surface area contributed by atoms with Gasteiger partial charge in [-0.3, -0.25) is 4.99 Å². The molecule has 0 aromatic heterocycles. The van der Waals surface area contributed by atoms with Crippen LogP contribution in [0.4, 0.5) is 0 Å². The maximum atomic E-state index is 5.88. The number of fused-ring (bicyclic) bond motifs is 3. The topological polar surface area (TPSA) is 21.6 Å². The van der Waals surface area contributed by atoms with Gasteiger partial charge in [0.05, 0.1) is 6.54 Å². The molecule has 0 amide bonds. The van der Waals surface area contributed by atoms with Gasteiger partial charge in [0.2, 0.25) is 0 Å². The number of aliphatic imine (C=N–C) groups is 1. The lowest BCUT2D eigenvalue weighted by molar-refractivity contribution is 0.0622. The lowest BCUT2D eigenvalue weighted by Crippen LogP contribution is -2.43. The normalized spacial score (nSPS) is 38.0. The van der Waals surface area contributed by atoms with Crippen LogP contribution in [0.5, 0.6) is 0 Å². The zero-order valence-electron chi connectivity index (χ0n) is 8.47. The van der Waals surface area contributed by atoms with Crippen molar-refractivity contribution >= 4 is 5.90 Å². The lowest BCUT2D eigenvalue weighted by atomic mass is 9.62. The molecule has 3 rings (SSSR count). The van der Waals surface area contributed by atoms with Crippen molar-refractivity contribution in [3.8, 4) is 0 Å². The highest BCUT2D eigenvalue weighted by molar-refractivity contribution is 5.87. The molecule has 1 saturated heterocycles. The molecule has 0 aromatic carbocycles. The monoisotopic (exact) mass is 179 g/mol. The van der Waals surface area contributed by atoms with Crippen molar-refractivity contribution in [2.45, 2.75) is 45.6 Å². The second-order valence-corrected chi connectivity index (χ2v) is 5.24. The Bertz CT molecular complexity index is 274. The minimum atomic E-state index is 0.215. The van der Waals surface area contributed by atoms with Gasteiger partial charge in [0.25, 0.3) is 0 Å². The fourth-order valence-electron chi connectivity index (χ4n) is 3.58. The van der Waals surface area contributed by atoms with Crippen LogP contribution in [0, 0.1) is 10.8 Å². The smallest absolute Gasteiger partial charge is 0.190 e. The number of nitrogens with zero attached hydrogens (tertiary/aromatic N) is 1. The molecular weight excluding hydrogens is 162 g/mol. The molecule has 2 aliphatic heterocycles. The predicted octanol–water partition coefficient (Wildman–Crippen LogP) is 2.38. The third-order valence-corrected chi connectivity index (χ3v) is 4.55. The number of hydrogen-bond donors (Lipinski definition) is 0. The van der Waals surface area contributed by atoms with E-state index >= 15 is 0 Å². The molecule has 0 aromatic rings. The summed E-state index contributed by atoms with van der Waals surface area (Å²) in [5.41, 5.74) is 0.663. The van der Waals surface area contributed by atoms with Crippen LogP contribution in [0.2, 0.25) is 0 Å². The summed E-state index contributed by atoms with van der Waals surface area (Å²) >= 11 is 0. The van der Waals surface area contributed by atoms with Crippen LogP contribution in [-0.4, -0.2) is 18.5 Å². The summed E-state index contributed by atoms with van der Waals surface area (Å²) in [6, 6.07) is 0. The van der Waals surface area contributed by atoms with E-state index in [0.717, 1.165) is 12.4 Å². The van der Waals surface area contributed by atoms with E-state index in [1.54, 1.807) is 0 Å². The molecule has 1 atom stereocenters. The molecule has 2 bridgehead atoms. The van der Waals surface area contributed by atoms with Gasteiger partial charge < -0.3 is 4.74 Å². The Labute approximate surface area is 79.4 Å². The summed E-state index contributed by atoms with van der Waals surface area (Å²) < 4.78 is 5.88. The van der Waals surface area contributed by atoms with Gasteiger partial charge in [-0.1, -0.05) is 26.7 Å². The van der Waals surface area contributed by atoms with Gasteiger partial charge in [-0.15, -0.1) is 0 Å². The fourth-order valence-corrected chi connectivity index (χ4v) is 3.58. The van der Waals surface area contributed by atoms with E-state index in [0.29, 0.717) is 11.5 Å². The molecule has 2 fully saturated rings. The standard InChI is InChI=1S/C11H17NO/c1-10(2)9-12-7-8(13-9)11(10)5-3-4-6-11/h8H,3-7H2,1-2H3. The van der Waals surface area contributed by atoms with Gasteiger partial charge in [-0.25, -0.2) is 0 Å². The number of ether oxygens (including phenoxy) is 1. The Balaban J connectivity index is 2.09. The van der Waals surface area contributed by atoms with Gasteiger partial charge in [0.15, 0.2) is 5.90 Å². The fraction of sp³-hybridized carbons (Fsp3) is 0.909. The minimum absolute atomic E-state index is 0.215. The molecule has 72 valence electrons. The summed E-state index contributed by atoms with van der Waals surface area (Å²) in [6.45, 7) is 5.56. The number of rotatable bonds is 0. The summed E-state index contributed by atoms with van der Waals surface area (Å²) in [5, 5.41) is 0. The first kappa shape index (κ1) is 7.84. The summed E-state index contributed by atoms with van der Waals surface area (Å²) in [6.07, 6.45) is 5.89. The van der Waals surface area contributed by atoms with E-state index in [1.807, 2.05) is 0 Å². The Morgan fingerprint density at radius 1 is 1.31 bits per heavy atom. The maximum absolute atomic E-state index is 5.88. The minimum Gasteiger partial charge on any atom is -0.475 e. The van der Waals surface area contributed by atoms with E-state index < -0.39 is 0 Å². The van der Waals surface area contributed by atoms with Gasteiger partial charge >= 0.3 is 0 Å². The first-order chi connectivity index (χ1) is 6.17. The summed E-state index contributed by atoms with van der Waals surface area (Å²) in [4.78, 5) is 4.47. The van der Waals surface area contributed by atoms with Gasteiger partial charge in [-0.05, 0) is 12.8 Å². The molecule has 3 aliphatic rings. The number of hydrogen-bond acceptors (Lipinski definition) is 2. The molecule has 1 spiro atoms. The van der Waals surface area contributed by atoms with E-state index in [4.69, 9.17) is 4.74 Å². The molecule has 2 heterocycles. The highest BCUT2D eigenvalue weighted by atomic mass is 16.5. The van der Waals surface area contributed by atoms with Crippen molar-refractivity contribution in [1.29, 1.82) is 0 Å². The van der Waals surface area contributed by atoms with E-state index in [1.165, 1.54) is 25.7 Å². The van der Waals surface area contributed by atoms with Crippen molar-refractivity contribution in [3.05, 3.63) is 0 Å². The third kappa shape index (κ3) is 0.695. The molecule has 1 unspecified atom stereocenters. The second kappa shape index (κ2) is 2.10. The third-order valence-electron chi connectivity index (χ3n) is 4.55. The van der Waals surface area contributed by atoms with Crippen LogP contribution in [0.1, 0.15) is 39.5 Å². The zero-order valence-corrected chi connectivity index (χ0v) is 8.47. The van der Waals surface area contributed by atoms with Gasteiger partial charge in [-0.2, -0.15) is 0 Å². The van der Waals surface area contributed by atoms with Crippen molar-refractivity contribution in [1.82, 2.24) is 0 Å². The Morgan fingerprint density at radius 2 is 2.00 bits per heavy atom. The zero-order chi connectivity index (χ0) is 9.10. The molecular formula is C11H17NO. The van der Waals surface area contributed by atoms with E-state index in [9.17, 15) is 0 Å². The van der Waals surface area contributed by atoms with Crippen LogP contribution in [-0.2, 0) is 4.74 Å².